The molecular weight excluding hydrogens is 595 g/mol. The highest BCUT2D eigenvalue weighted by Gasteiger charge is 2.37. The summed E-state index contributed by atoms with van der Waals surface area (Å²) in [5, 5.41) is 12.7. The minimum absolute atomic E-state index is 0.158. The number of aromatic nitrogens is 1. The van der Waals surface area contributed by atoms with E-state index in [1.54, 1.807) is 64.2 Å². The van der Waals surface area contributed by atoms with Gasteiger partial charge in [-0.3, -0.25) is 10.4 Å². The van der Waals surface area contributed by atoms with Gasteiger partial charge in [0.25, 0.3) is 10.0 Å². The minimum atomic E-state index is -4.47. The summed E-state index contributed by atoms with van der Waals surface area (Å²) in [6.45, 7) is 6.58. The van der Waals surface area contributed by atoms with E-state index in [1.165, 1.54) is 24.3 Å². The SMILES string of the molecule is CC(NC(=N)N(C(=O)OC(C)(C)C)S(=O)(=O)c1ccccc1)c1cnc(-c2ccc(Cl)cc2)c(-c2ccc(Cl)cc2)c1. The quantitative estimate of drug-likeness (QED) is 0.166. The Kier molecular flexibility index (Phi) is 9.25. The smallest absolute Gasteiger partial charge is 0.431 e. The van der Waals surface area contributed by atoms with E-state index in [2.05, 4.69) is 5.32 Å². The number of nitrogens with zero attached hydrogens (tertiary/aromatic N) is 2. The first kappa shape index (κ1) is 31.0. The van der Waals surface area contributed by atoms with Gasteiger partial charge in [0.05, 0.1) is 16.6 Å². The van der Waals surface area contributed by atoms with Crippen LogP contribution in [-0.2, 0) is 14.8 Å². The maximum atomic E-state index is 13.5. The van der Waals surface area contributed by atoms with Crippen LogP contribution in [0, 0.1) is 5.41 Å². The fraction of sp³-hybridized carbons (Fsp3) is 0.194. The average Bonchev–Trinajstić information content (AvgIpc) is 2.93. The van der Waals surface area contributed by atoms with Crippen LogP contribution in [0.5, 0.6) is 0 Å². The number of carbonyl (C=O) groups is 1. The molecule has 4 rings (SSSR count). The number of pyridine rings is 1. The normalized spacial score (nSPS) is 12.3. The number of rotatable bonds is 6. The third-order valence-corrected chi connectivity index (χ3v) is 8.26. The van der Waals surface area contributed by atoms with Gasteiger partial charge < -0.3 is 10.1 Å². The topological polar surface area (TPSA) is 112 Å². The summed E-state index contributed by atoms with van der Waals surface area (Å²) >= 11 is 12.2. The van der Waals surface area contributed by atoms with Crippen LogP contribution in [0.2, 0.25) is 10.0 Å². The predicted molar refractivity (Wildman–Crippen MR) is 166 cm³/mol. The summed E-state index contributed by atoms with van der Waals surface area (Å²) in [7, 11) is -4.47. The second kappa shape index (κ2) is 12.5. The van der Waals surface area contributed by atoms with Crippen LogP contribution < -0.4 is 5.32 Å². The van der Waals surface area contributed by atoms with Gasteiger partial charge in [0, 0.05) is 27.4 Å². The molecule has 0 radical (unpaired) electrons. The first-order valence-corrected chi connectivity index (χ1v) is 15.2. The summed E-state index contributed by atoms with van der Waals surface area (Å²) in [5.74, 6) is -0.671. The van der Waals surface area contributed by atoms with Crippen LogP contribution in [0.4, 0.5) is 4.79 Å². The molecule has 1 unspecified atom stereocenters. The highest BCUT2D eigenvalue weighted by Crippen LogP contribution is 2.34. The van der Waals surface area contributed by atoms with Crippen molar-refractivity contribution in [2.75, 3.05) is 0 Å². The summed E-state index contributed by atoms with van der Waals surface area (Å²) in [6.07, 6.45) is 0.437. The van der Waals surface area contributed by atoms with Crippen molar-refractivity contribution in [3.63, 3.8) is 0 Å². The number of sulfonamides is 1. The largest absolute Gasteiger partial charge is 0.443 e. The molecule has 1 atom stereocenters. The number of halogens is 2. The molecule has 4 aromatic rings. The lowest BCUT2D eigenvalue weighted by Crippen LogP contribution is -2.50. The van der Waals surface area contributed by atoms with Crippen molar-refractivity contribution in [3.8, 4) is 22.4 Å². The highest BCUT2D eigenvalue weighted by atomic mass is 35.5. The Balaban J connectivity index is 1.71. The van der Waals surface area contributed by atoms with Gasteiger partial charge in [-0.15, -0.1) is 4.31 Å². The molecule has 218 valence electrons. The van der Waals surface area contributed by atoms with E-state index in [1.807, 2.05) is 30.3 Å². The number of hydrogen-bond acceptors (Lipinski definition) is 6. The van der Waals surface area contributed by atoms with Gasteiger partial charge in [-0.2, -0.15) is 0 Å². The first-order valence-electron chi connectivity index (χ1n) is 13.0. The fourth-order valence-corrected chi connectivity index (χ4v) is 5.55. The maximum Gasteiger partial charge on any atom is 0.431 e. The summed E-state index contributed by atoms with van der Waals surface area (Å²) in [5.41, 5.74) is 2.82. The van der Waals surface area contributed by atoms with E-state index >= 15 is 0 Å². The predicted octanol–water partition coefficient (Wildman–Crippen LogP) is 7.93. The molecule has 2 N–H and O–H groups in total. The molecule has 0 saturated carbocycles. The second-order valence-electron chi connectivity index (χ2n) is 10.5. The van der Waals surface area contributed by atoms with Crippen LogP contribution in [0.25, 0.3) is 22.4 Å². The van der Waals surface area contributed by atoms with E-state index in [0.29, 0.717) is 25.6 Å². The number of carbonyl (C=O) groups excluding carboxylic acids is 1. The highest BCUT2D eigenvalue weighted by molar-refractivity contribution is 7.90. The number of hydrogen-bond donors (Lipinski definition) is 2. The molecule has 8 nitrogen and oxygen atoms in total. The molecule has 42 heavy (non-hydrogen) atoms. The monoisotopic (exact) mass is 624 g/mol. The Morgan fingerprint density at radius 2 is 1.48 bits per heavy atom. The standard InChI is InChI=1S/C31H30Cl2N4O4S/c1-20(36-29(34)37(30(38)41-31(2,3)4)42(39,40)26-8-6-5-7-9-26)23-18-27(21-10-14-24(32)15-11-21)28(35-19-23)22-12-16-25(33)17-13-22/h5-20H,1-4H3,(H2,34,36). The number of amides is 1. The maximum absolute atomic E-state index is 13.5. The summed E-state index contributed by atoms with van der Waals surface area (Å²) in [6, 6.07) is 23.3. The Bertz CT molecular complexity index is 1690. The molecule has 0 bridgehead atoms. The molecule has 0 fully saturated rings. The Hall–Kier alpha value is -3.92. The number of ether oxygens (including phenoxy) is 1. The Morgan fingerprint density at radius 1 is 0.929 bits per heavy atom. The van der Waals surface area contributed by atoms with Gasteiger partial charge in [-0.05, 0) is 81.3 Å². The molecule has 0 aliphatic rings. The van der Waals surface area contributed by atoms with Crippen molar-refractivity contribution >= 4 is 45.3 Å². The molecule has 3 aromatic carbocycles. The van der Waals surface area contributed by atoms with Crippen LogP contribution in [0.15, 0.2) is 96.0 Å². The molecular formula is C31H30Cl2N4O4S. The van der Waals surface area contributed by atoms with Gasteiger partial charge in [0.15, 0.2) is 0 Å². The molecule has 0 aliphatic carbocycles. The van der Waals surface area contributed by atoms with Crippen molar-refractivity contribution in [1.29, 1.82) is 5.41 Å². The van der Waals surface area contributed by atoms with Crippen LogP contribution in [-0.4, -0.2) is 35.4 Å². The summed E-state index contributed by atoms with van der Waals surface area (Å²) in [4.78, 5) is 17.7. The Labute approximate surface area is 255 Å². The summed E-state index contributed by atoms with van der Waals surface area (Å²) < 4.78 is 32.7. The molecule has 0 saturated heterocycles. The van der Waals surface area contributed by atoms with Crippen molar-refractivity contribution in [2.45, 2.75) is 44.2 Å². The number of nitrogens with one attached hydrogen (secondary N) is 2. The molecule has 0 spiro atoms. The van der Waals surface area contributed by atoms with Crippen molar-refractivity contribution in [3.05, 3.63) is 107 Å². The van der Waals surface area contributed by atoms with E-state index in [0.717, 1.165) is 16.7 Å². The van der Waals surface area contributed by atoms with E-state index < -0.39 is 33.7 Å². The van der Waals surface area contributed by atoms with Crippen LogP contribution >= 0.6 is 23.2 Å². The molecule has 0 aliphatic heterocycles. The lowest BCUT2D eigenvalue weighted by atomic mass is 9.96. The van der Waals surface area contributed by atoms with Gasteiger partial charge in [-0.25, -0.2) is 13.2 Å². The lowest BCUT2D eigenvalue weighted by Gasteiger charge is -2.28. The minimum Gasteiger partial charge on any atom is -0.443 e. The zero-order chi connectivity index (χ0) is 30.7. The molecule has 11 heteroatoms. The zero-order valence-electron chi connectivity index (χ0n) is 23.4. The lowest BCUT2D eigenvalue weighted by molar-refractivity contribution is 0.0459. The van der Waals surface area contributed by atoms with Crippen molar-refractivity contribution in [2.24, 2.45) is 0 Å². The number of guanidine groups is 1. The number of benzene rings is 3. The van der Waals surface area contributed by atoms with Crippen molar-refractivity contribution in [1.82, 2.24) is 14.6 Å². The van der Waals surface area contributed by atoms with Gasteiger partial charge >= 0.3 is 6.09 Å². The van der Waals surface area contributed by atoms with Gasteiger partial charge in [-0.1, -0.05) is 65.7 Å². The zero-order valence-corrected chi connectivity index (χ0v) is 25.8. The van der Waals surface area contributed by atoms with Gasteiger partial charge in [0.1, 0.15) is 5.60 Å². The van der Waals surface area contributed by atoms with Gasteiger partial charge in [0.2, 0.25) is 5.96 Å². The Morgan fingerprint density at radius 3 is 2.02 bits per heavy atom. The first-order chi connectivity index (χ1) is 19.8. The second-order valence-corrected chi connectivity index (χ2v) is 13.1. The molecule has 1 amide bonds. The average molecular weight is 626 g/mol. The van der Waals surface area contributed by atoms with E-state index in [-0.39, 0.29) is 4.90 Å². The molecule has 1 heterocycles. The van der Waals surface area contributed by atoms with Crippen LogP contribution in [0.1, 0.15) is 39.3 Å². The third-order valence-electron chi connectivity index (χ3n) is 6.08. The fourth-order valence-electron chi connectivity index (χ4n) is 4.06. The van der Waals surface area contributed by atoms with Crippen molar-refractivity contribution < 1.29 is 17.9 Å². The third kappa shape index (κ3) is 7.28. The van der Waals surface area contributed by atoms with E-state index in [4.69, 9.17) is 38.3 Å². The van der Waals surface area contributed by atoms with E-state index in [9.17, 15) is 13.2 Å². The molecule has 1 aromatic heterocycles. The van der Waals surface area contributed by atoms with Crippen LogP contribution in [0.3, 0.4) is 0 Å².